The Morgan fingerprint density at radius 1 is 1.28 bits per heavy atom. The molecular weight excluding hydrogens is 230 g/mol. The van der Waals surface area contributed by atoms with Crippen LogP contribution in [0.15, 0.2) is 0 Å². The Labute approximate surface area is 109 Å². The molecule has 0 bridgehead atoms. The molecule has 1 aliphatic carbocycles. The highest BCUT2D eigenvalue weighted by Crippen LogP contribution is 2.28. The van der Waals surface area contributed by atoms with Crippen LogP contribution in [0.4, 0.5) is 0 Å². The lowest BCUT2D eigenvalue weighted by Gasteiger charge is -2.26. The molecule has 0 heterocycles. The van der Waals surface area contributed by atoms with E-state index in [9.17, 15) is 9.59 Å². The van der Waals surface area contributed by atoms with Crippen LogP contribution in [-0.2, 0) is 9.59 Å². The lowest BCUT2D eigenvalue weighted by atomic mass is 9.82. The number of nitrogens with one attached hydrogen (secondary N) is 1. The molecule has 0 aliphatic heterocycles. The smallest absolute Gasteiger partial charge is 0.326 e. The number of unbranched alkanes of at least 4 members (excludes halogenated alkanes) is 1. The van der Waals surface area contributed by atoms with E-state index in [2.05, 4.69) is 12.2 Å². The number of hydrogen-bond donors (Lipinski definition) is 2. The first-order valence-corrected chi connectivity index (χ1v) is 7.07. The van der Waals surface area contributed by atoms with Gasteiger partial charge < -0.3 is 10.4 Å². The maximum Gasteiger partial charge on any atom is 0.326 e. The summed E-state index contributed by atoms with van der Waals surface area (Å²) in [5.74, 6) is -0.263. The van der Waals surface area contributed by atoms with E-state index in [4.69, 9.17) is 5.11 Å². The Morgan fingerprint density at radius 3 is 2.39 bits per heavy atom. The number of carbonyl (C=O) groups is 2. The minimum absolute atomic E-state index is 0.0182. The Morgan fingerprint density at radius 2 is 1.89 bits per heavy atom. The molecule has 4 heteroatoms. The molecule has 2 N–H and O–H groups in total. The predicted molar refractivity (Wildman–Crippen MR) is 70.2 cm³/mol. The molecule has 1 atom stereocenters. The van der Waals surface area contributed by atoms with E-state index in [0.717, 1.165) is 38.5 Å². The van der Waals surface area contributed by atoms with Crippen molar-refractivity contribution in [3.63, 3.8) is 0 Å². The van der Waals surface area contributed by atoms with E-state index < -0.39 is 12.0 Å². The van der Waals surface area contributed by atoms with Crippen LogP contribution in [0.25, 0.3) is 0 Å². The number of hydrogen-bond acceptors (Lipinski definition) is 2. The van der Waals surface area contributed by atoms with Gasteiger partial charge >= 0.3 is 5.97 Å². The molecule has 0 aromatic rings. The van der Waals surface area contributed by atoms with Crippen LogP contribution in [-0.4, -0.2) is 23.0 Å². The topological polar surface area (TPSA) is 66.4 Å². The molecule has 0 aromatic heterocycles. The van der Waals surface area contributed by atoms with E-state index in [1.807, 2.05) is 6.92 Å². The highest BCUT2D eigenvalue weighted by molar-refractivity contribution is 5.84. The first kappa shape index (κ1) is 15.0. The number of carboxylic acid groups (broad SMARTS) is 1. The number of carbonyl (C=O) groups excluding carboxylic acids is 1. The fourth-order valence-corrected chi connectivity index (χ4v) is 2.48. The van der Waals surface area contributed by atoms with Crippen molar-refractivity contribution >= 4 is 11.9 Å². The third-order valence-corrected chi connectivity index (χ3v) is 3.85. The standard InChI is InChI=1S/C14H25NO3/c1-3-4-5-12(14(17)18)15-13(16)11-8-6-10(2)7-9-11/h10-12H,3-9H2,1-2H3,(H,15,16)(H,17,18). The second kappa shape index (κ2) is 7.39. The Bertz CT molecular complexity index is 283. The molecular formula is C14H25NO3. The number of amides is 1. The Kier molecular flexibility index (Phi) is 6.16. The van der Waals surface area contributed by atoms with Crippen molar-refractivity contribution in [1.82, 2.24) is 5.32 Å². The molecule has 18 heavy (non-hydrogen) atoms. The largest absolute Gasteiger partial charge is 0.480 e. The normalized spacial score (nSPS) is 25.4. The first-order valence-electron chi connectivity index (χ1n) is 7.07. The summed E-state index contributed by atoms with van der Waals surface area (Å²) in [6, 6.07) is -0.711. The summed E-state index contributed by atoms with van der Waals surface area (Å²) in [6.07, 6.45) is 6.25. The molecule has 1 saturated carbocycles. The second-order valence-corrected chi connectivity index (χ2v) is 5.50. The minimum atomic E-state index is -0.916. The lowest BCUT2D eigenvalue weighted by Crippen LogP contribution is -2.44. The quantitative estimate of drug-likeness (QED) is 0.766. The molecule has 1 unspecified atom stereocenters. The molecule has 0 radical (unpaired) electrons. The van der Waals surface area contributed by atoms with Crippen molar-refractivity contribution in [2.45, 2.75) is 64.8 Å². The zero-order valence-electron chi connectivity index (χ0n) is 11.4. The van der Waals surface area contributed by atoms with Crippen molar-refractivity contribution in [3.8, 4) is 0 Å². The van der Waals surface area contributed by atoms with Gasteiger partial charge in [0.2, 0.25) is 5.91 Å². The molecule has 1 fully saturated rings. The highest BCUT2D eigenvalue weighted by Gasteiger charge is 2.27. The molecule has 104 valence electrons. The van der Waals surface area contributed by atoms with E-state index in [1.54, 1.807) is 0 Å². The SMILES string of the molecule is CCCCC(NC(=O)C1CCC(C)CC1)C(=O)O. The van der Waals surface area contributed by atoms with Crippen LogP contribution in [0.1, 0.15) is 58.8 Å². The maximum atomic E-state index is 12.0. The van der Waals surface area contributed by atoms with Gasteiger partial charge in [0.25, 0.3) is 0 Å². The van der Waals surface area contributed by atoms with E-state index in [1.165, 1.54) is 0 Å². The predicted octanol–water partition coefficient (Wildman–Crippen LogP) is 2.57. The van der Waals surface area contributed by atoms with Crippen LogP contribution in [0.5, 0.6) is 0 Å². The molecule has 1 aliphatic rings. The van der Waals surface area contributed by atoms with Gasteiger partial charge in [0.1, 0.15) is 6.04 Å². The average molecular weight is 255 g/mol. The van der Waals surface area contributed by atoms with Gasteiger partial charge in [-0.15, -0.1) is 0 Å². The molecule has 4 nitrogen and oxygen atoms in total. The van der Waals surface area contributed by atoms with Crippen LogP contribution in [0.3, 0.4) is 0 Å². The molecule has 0 spiro atoms. The van der Waals surface area contributed by atoms with Gasteiger partial charge in [-0.05, 0) is 38.0 Å². The van der Waals surface area contributed by atoms with Crippen LogP contribution in [0.2, 0.25) is 0 Å². The van der Waals surface area contributed by atoms with Crippen molar-refractivity contribution in [3.05, 3.63) is 0 Å². The van der Waals surface area contributed by atoms with Gasteiger partial charge in [-0.2, -0.15) is 0 Å². The summed E-state index contributed by atoms with van der Waals surface area (Å²) in [7, 11) is 0. The number of rotatable bonds is 6. The Balaban J connectivity index is 2.42. The monoisotopic (exact) mass is 255 g/mol. The summed E-state index contributed by atoms with van der Waals surface area (Å²) in [5, 5.41) is 11.8. The van der Waals surface area contributed by atoms with Crippen molar-refractivity contribution in [2.24, 2.45) is 11.8 Å². The zero-order chi connectivity index (χ0) is 13.5. The summed E-state index contributed by atoms with van der Waals surface area (Å²) < 4.78 is 0. The van der Waals surface area contributed by atoms with Gasteiger partial charge in [-0.3, -0.25) is 4.79 Å². The number of carboxylic acids is 1. The van der Waals surface area contributed by atoms with Crippen molar-refractivity contribution < 1.29 is 14.7 Å². The van der Waals surface area contributed by atoms with Crippen LogP contribution in [0, 0.1) is 11.8 Å². The molecule has 0 saturated heterocycles. The van der Waals surface area contributed by atoms with Gasteiger partial charge in [0.15, 0.2) is 0 Å². The first-order chi connectivity index (χ1) is 8.54. The maximum absolute atomic E-state index is 12.0. The van der Waals surface area contributed by atoms with E-state index >= 15 is 0 Å². The summed E-state index contributed by atoms with van der Waals surface area (Å²) >= 11 is 0. The van der Waals surface area contributed by atoms with Crippen LogP contribution >= 0.6 is 0 Å². The molecule has 1 amide bonds. The van der Waals surface area contributed by atoms with E-state index in [-0.39, 0.29) is 11.8 Å². The van der Waals surface area contributed by atoms with Crippen LogP contribution < -0.4 is 5.32 Å². The molecule has 1 rings (SSSR count). The fraction of sp³-hybridized carbons (Fsp3) is 0.857. The van der Waals surface area contributed by atoms with E-state index in [0.29, 0.717) is 12.3 Å². The van der Waals surface area contributed by atoms with Crippen molar-refractivity contribution in [1.29, 1.82) is 0 Å². The Hall–Kier alpha value is -1.06. The third-order valence-electron chi connectivity index (χ3n) is 3.85. The van der Waals surface area contributed by atoms with Gasteiger partial charge in [-0.25, -0.2) is 4.79 Å². The average Bonchev–Trinajstić information content (AvgIpc) is 2.34. The lowest BCUT2D eigenvalue weighted by molar-refractivity contribution is -0.143. The highest BCUT2D eigenvalue weighted by atomic mass is 16.4. The summed E-state index contributed by atoms with van der Waals surface area (Å²) in [5.41, 5.74) is 0. The zero-order valence-corrected chi connectivity index (χ0v) is 11.4. The number of aliphatic carboxylic acids is 1. The van der Waals surface area contributed by atoms with Gasteiger partial charge in [0.05, 0.1) is 0 Å². The van der Waals surface area contributed by atoms with Gasteiger partial charge in [-0.1, -0.05) is 26.7 Å². The summed E-state index contributed by atoms with van der Waals surface area (Å²) in [4.78, 5) is 23.1. The third kappa shape index (κ3) is 4.67. The van der Waals surface area contributed by atoms with Gasteiger partial charge in [0, 0.05) is 5.92 Å². The fourth-order valence-electron chi connectivity index (χ4n) is 2.48. The minimum Gasteiger partial charge on any atom is -0.480 e. The summed E-state index contributed by atoms with van der Waals surface area (Å²) in [6.45, 7) is 4.22. The molecule has 0 aromatic carbocycles. The second-order valence-electron chi connectivity index (χ2n) is 5.50. The van der Waals surface area contributed by atoms with Crippen molar-refractivity contribution in [2.75, 3.05) is 0 Å².